The lowest BCUT2D eigenvalue weighted by atomic mass is 10.1. The van der Waals surface area contributed by atoms with Crippen molar-refractivity contribution in [3.8, 4) is 10.6 Å². The van der Waals surface area contributed by atoms with Crippen LogP contribution in [0, 0.1) is 6.92 Å². The minimum absolute atomic E-state index is 0.305. The molecule has 0 aliphatic rings. The molecule has 1 aromatic heterocycles. The van der Waals surface area contributed by atoms with Crippen LogP contribution < -0.4 is 5.32 Å². The maximum absolute atomic E-state index is 4.34. The zero-order chi connectivity index (χ0) is 13.8. The second kappa shape index (κ2) is 6.59. The summed E-state index contributed by atoms with van der Waals surface area (Å²) in [5.74, 6) is 0. The van der Waals surface area contributed by atoms with Crippen LogP contribution >= 0.6 is 27.3 Å². The van der Waals surface area contributed by atoms with Gasteiger partial charge in [-0.2, -0.15) is 0 Å². The maximum atomic E-state index is 4.34. The molecule has 0 fully saturated rings. The first-order chi connectivity index (χ1) is 9.15. The van der Waals surface area contributed by atoms with E-state index >= 15 is 0 Å². The van der Waals surface area contributed by atoms with E-state index in [2.05, 4.69) is 70.4 Å². The molecule has 1 heterocycles. The third-order valence-electron chi connectivity index (χ3n) is 2.95. The van der Waals surface area contributed by atoms with Gasteiger partial charge in [-0.1, -0.05) is 52.7 Å². The van der Waals surface area contributed by atoms with E-state index in [0.717, 1.165) is 33.0 Å². The Kier molecular flexibility index (Phi) is 5.07. The van der Waals surface area contributed by atoms with Crippen LogP contribution in [0.3, 0.4) is 0 Å². The van der Waals surface area contributed by atoms with Gasteiger partial charge in [0.15, 0.2) is 0 Å². The van der Waals surface area contributed by atoms with Gasteiger partial charge < -0.3 is 5.32 Å². The zero-order valence-corrected chi connectivity index (χ0v) is 13.8. The molecule has 1 atom stereocenters. The molecule has 0 saturated heterocycles. The first kappa shape index (κ1) is 14.6. The van der Waals surface area contributed by atoms with Gasteiger partial charge in [0, 0.05) is 10.0 Å². The largest absolute Gasteiger partial charge is 0.308 e. The van der Waals surface area contributed by atoms with E-state index in [1.807, 2.05) is 0 Å². The van der Waals surface area contributed by atoms with Crippen molar-refractivity contribution in [1.29, 1.82) is 0 Å². The molecule has 0 bridgehead atoms. The lowest BCUT2D eigenvalue weighted by molar-refractivity contribution is 0.531. The summed E-state index contributed by atoms with van der Waals surface area (Å²) in [6, 6.07) is 6.60. The van der Waals surface area contributed by atoms with Gasteiger partial charge >= 0.3 is 0 Å². The summed E-state index contributed by atoms with van der Waals surface area (Å²) in [6.07, 6.45) is 1.03. The van der Waals surface area contributed by atoms with Crippen LogP contribution in [0.2, 0.25) is 0 Å². The molecule has 0 saturated carbocycles. The Morgan fingerprint density at radius 2 is 2.11 bits per heavy atom. The first-order valence-electron chi connectivity index (χ1n) is 6.49. The normalized spacial score (nSPS) is 12.6. The van der Waals surface area contributed by atoms with Crippen molar-refractivity contribution in [2.24, 2.45) is 0 Å². The van der Waals surface area contributed by atoms with Crippen molar-refractivity contribution in [2.75, 3.05) is 6.54 Å². The van der Waals surface area contributed by atoms with E-state index in [4.69, 9.17) is 0 Å². The Bertz CT molecular complexity index is 553. The fourth-order valence-electron chi connectivity index (χ4n) is 1.94. The van der Waals surface area contributed by atoms with Crippen LogP contribution in [0.15, 0.2) is 22.7 Å². The number of hydrogen-bond acceptors (Lipinski definition) is 4. The number of nitrogens with one attached hydrogen (secondary N) is 1. The molecule has 0 amide bonds. The molecule has 102 valence electrons. The zero-order valence-electron chi connectivity index (χ0n) is 11.4. The predicted octanol–water partition coefficient (Wildman–Crippen LogP) is 4.34. The van der Waals surface area contributed by atoms with Crippen LogP contribution in [0.5, 0.6) is 0 Å². The molecule has 0 aliphatic heterocycles. The summed E-state index contributed by atoms with van der Waals surface area (Å²) in [5.41, 5.74) is 2.35. The van der Waals surface area contributed by atoms with E-state index in [1.54, 1.807) is 11.3 Å². The van der Waals surface area contributed by atoms with Gasteiger partial charge in [-0.05, 0) is 32.0 Å². The summed E-state index contributed by atoms with van der Waals surface area (Å²) >= 11 is 5.25. The topological polar surface area (TPSA) is 37.8 Å². The van der Waals surface area contributed by atoms with E-state index in [9.17, 15) is 0 Å². The van der Waals surface area contributed by atoms with Gasteiger partial charge in [-0.15, -0.1) is 10.2 Å². The van der Waals surface area contributed by atoms with Crippen molar-refractivity contribution in [1.82, 2.24) is 15.5 Å². The number of nitrogens with zero attached hydrogens (tertiary/aromatic N) is 2. The molecule has 1 aromatic carbocycles. The molecular weight excluding hydrogens is 322 g/mol. The van der Waals surface area contributed by atoms with Crippen LogP contribution in [0.25, 0.3) is 10.6 Å². The van der Waals surface area contributed by atoms with Crippen LogP contribution in [-0.4, -0.2) is 16.7 Å². The minimum Gasteiger partial charge on any atom is -0.308 e. The Hall–Kier alpha value is -0.780. The average molecular weight is 340 g/mol. The highest BCUT2D eigenvalue weighted by Gasteiger charge is 2.16. The minimum atomic E-state index is 0.305. The number of halogens is 1. The molecule has 3 nitrogen and oxygen atoms in total. The smallest absolute Gasteiger partial charge is 0.149 e. The second-order valence-electron chi connectivity index (χ2n) is 4.45. The highest BCUT2D eigenvalue weighted by molar-refractivity contribution is 9.10. The number of aryl methyl sites for hydroxylation is 1. The molecule has 2 aromatic rings. The fourth-order valence-corrected chi connectivity index (χ4v) is 3.54. The van der Waals surface area contributed by atoms with Gasteiger partial charge in [0.2, 0.25) is 0 Å². The SMILES string of the molecule is CCNC(CC)c1nnc(-c2cc(C)ccc2Br)s1. The van der Waals surface area contributed by atoms with Crippen LogP contribution in [-0.2, 0) is 0 Å². The monoisotopic (exact) mass is 339 g/mol. The second-order valence-corrected chi connectivity index (χ2v) is 6.31. The first-order valence-corrected chi connectivity index (χ1v) is 8.10. The molecule has 0 spiro atoms. The summed E-state index contributed by atoms with van der Waals surface area (Å²) in [7, 11) is 0. The highest BCUT2D eigenvalue weighted by atomic mass is 79.9. The molecule has 19 heavy (non-hydrogen) atoms. The molecule has 0 aliphatic carbocycles. The van der Waals surface area contributed by atoms with Gasteiger partial charge in [0.25, 0.3) is 0 Å². The standard InChI is InChI=1S/C14H18BrN3S/c1-4-12(16-5-2)14-18-17-13(19-14)10-8-9(3)6-7-11(10)15/h6-8,12,16H,4-5H2,1-3H3. The lowest BCUT2D eigenvalue weighted by Crippen LogP contribution is -2.19. The summed E-state index contributed by atoms with van der Waals surface area (Å²) < 4.78 is 1.07. The van der Waals surface area contributed by atoms with Gasteiger partial charge in [-0.25, -0.2) is 0 Å². The summed E-state index contributed by atoms with van der Waals surface area (Å²) in [5, 5.41) is 14.1. The number of rotatable bonds is 5. The average Bonchev–Trinajstić information content (AvgIpc) is 2.88. The van der Waals surface area contributed by atoms with Crippen molar-refractivity contribution in [3.05, 3.63) is 33.2 Å². The van der Waals surface area contributed by atoms with Gasteiger partial charge in [0.1, 0.15) is 10.0 Å². The Balaban J connectivity index is 2.32. The molecule has 1 N–H and O–H groups in total. The molecule has 1 unspecified atom stereocenters. The third-order valence-corrected chi connectivity index (χ3v) is 4.71. The number of hydrogen-bond donors (Lipinski definition) is 1. The Morgan fingerprint density at radius 1 is 1.32 bits per heavy atom. The van der Waals surface area contributed by atoms with Crippen molar-refractivity contribution in [3.63, 3.8) is 0 Å². The summed E-state index contributed by atoms with van der Waals surface area (Å²) in [4.78, 5) is 0. The Labute approximate surface area is 126 Å². The van der Waals surface area contributed by atoms with E-state index < -0.39 is 0 Å². The highest BCUT2D eigenvalue weighted by Crippen LogP contribution is 2.33. The van der Waals surface area contributed by atoms with Crippen LogP contribution in [0.1, 0.15) is 36.9 Å². The number of aromatic nitrogens is 2. The van der Waals surface area contributed by atoms with Gasteiger partial charge in [-0.3, -0.25) is 0 Å². The van der Waals surface area contributed by atoms with Crippen molar-refractivity contribution in [2.45, 2.75) is 33.2 Å². The molecule has 0 radical (unpaired) electrons. The Morgan fingerprint density at radius 3 is 2.79 bits per heavy atom. The number of benzene rings is 1. The quantitative estimate of drug-likeness (QED) is 0.880. The van der Waals surface area contributed by atoms with E-state index in [-0.39, 0.29) is 0 Å². The third kappa shape index (κ3) is 3.41. The molecular formula is C14H18BrN3S. The van der Waals surface area contributed by atoms with Gasteiger partial charge in [0.05, 0.1) is 6.04 Å². The summed E-state index contributed by atoms with van der Waals surface area (Å²) in [6.45, 7) is 7.31. The van der Waals surface area contributed by atoms with E-state index in [1.165, 1.54) is 5.56 Å². The molecule has 2 rings (SSSR count). The molecule has 5 heteroatoms. The van der Waals surface area contributed by atoms with Crippen molar-refractivity contribution < 1.29 is 0 Å². The lowest BCUT2D eigenvalue weighted by Gasteiger charge is -2.11. The van der Waals surface area contributed by atoms with Crippen molar-refractivity contribution >= 4 is 27.3 Å². The van der Waals surface area contributed by atoms with E-state index in [0.29, 0.717) is 6.04 Å². The fraction of sp³-hybridized carbons (Fsp3) is 0.429. The maximum Gasteiger partial charge on any atom is 0.149 e. The predicted molar refractivity (Wildman–Crippen MR) is 84.5 cm³/mol. The van der Waals surface area contributed by atoms with Crippen LogP contribution in [0.4, 0.5) is 0 Å².